The Hall–Kier alpha value is -0.470. The molecular formula is C10H13NS. The summed E-state index contributed by atoms with van der Waals surface area (Å²) >= 11 is 4.30. The highest BCUT2D eigenvalue weighted by molar-refractivity contribution is 7.80. The predicted octanol–water partition coefficient (Wildman–Crippen LogP) is 1.79. The Morgan fingerprint density at radius 1 is 1.42 bits per heavy atom. The molecule has 2 unspecified atom stereocenters. The fourth-order valence-corrected chi connectivity index (χ4v) is 2.24. The van der Waals surface area contributed by atoms with Crippen molar-refractivity contribution in [2.75, 3.05) is 5.75 Å². The lowest BCUT2D eigenvalue weighted by molar-refractivity contribution is 0.523. The Kier molecular flexibility index (Phi) is 2.11. The van der Waals surface area contributed by atoms with Crippen LogP contribution in [0.3, 0.4) is 0 Å². The van der Waals surface area contributed by atoms with Gasteiger partial charge in [-0.1, -0.05) is 24.3 Å². The molecular weight excluding hydrogens is 166 g/mol. The summed E-state index contributed by atoms with van der Waals surface area (Å²) in [4.78, 5) is 0. The quantitative estimate of drug-likeness (QED) is 0.632. The first-order chi connectivity index (χ1) is 5.83. The van der Waals surface area contributed by atoms with Crippen LogP contribution in [0.2, 0.25) is 0 Å². The number of rotatable bonds is 1. The molecule has 1 aliphatic carbocycles. The van der Waals surface area contributed by atoms with E-state index in [1.165, 1.54) is 11.1 Å². The zero-order valence-electron chi connectivity index (χ0n) is 6.90. The largest absolute Gasteiger partial charge is 0.324 e. The highest BCUT2D eigenvalue weighted by atomic mass is 32.1. The number of thiol groups is 1. The zero-order chi connectivity index (χ0) is 8.55. The highest BCUT2D eigenvalue weighted by Gasteiger charge is 2.27. The van der Waals surface area contributed by atoms with Crippen LogP contribution >= 0.6 is 12.6 Å². The van der Waals surface area contributed by atoms with Crippen molar-refractivity contribution in [3.63, 3.8) is 0 Å². The van der Waals surface area contributed by atoms with E-state index in [1.807, 2.05) is 0 Å². The molecule has 0 saturated heterocycles. The molecule has 0 aromatic heterocycles. The van der Waals surface area contributed by atoms with Gasteiger partial charge in [0.1, 0.15) is 0 Å². The van der Waals surface area contributed by atoms with Crippen LogP contribution in [-0.4, -0.2) is 5.75 Å². The van der Waals surface area contributed by atoms with Crippen LogP contribution in [0.5, 0.6) is 0 Å². The number of benzene rings is 1. The number of nitrogens with two attached hydrogens (primary N) is 1. The van der Waals surface area contributed by atoms with Gasteiger partial charge in [0.15, 0.2) is 0 Å². The summed E-state index contributed by atoms with van der Waals surface area (Å²) in [6.45, 7) is 0. The van der Waals surface area contributed by atoms with Crippen LogP contribution in [0.15, 0.2) is 24.3 Å². The third-order valence-electron chi connectivity index (χ3n) is 2.64. The van der Waals surface area contributed by atoms with E-state index in [0.717, 1.165) is 12.2 Å². The minimum atomic E-state index is 0.207. The lowest BCUT2D eigenvalue weighted by Gasteiger charge is -2.12. The monoisotopic (exact) mass is 179 g/mol. The van der Waals surface area contributed by atoms with E-state index < -0.39 is 0 Å². The van der Waals surface area contributed by atoms with Crippen molar-refractivity contribution in [2.45, 2.75) is 12.5 Å². The molecule has 64 valence electrons. The first kappa shape index (κ1) is 8.14. The van der Waals surface area contributed by atoms with Crippen LogP contribution in [-0.2, 0) is 6.42 Å². The van der Waals surface area contributed by atoms with E-state index in [9.17, 15) is 0 Å². The van der Waals surface area contributed by atoms with E-state index in [2.05, 4.69) is 36.9 Å². The van der Waals surface area contributed by atoms with E-state index >= 15 is 0 Å². The number of hydrogen-bond donors (Lipinski definition) is 2. The second kappa shape index (κ2) is 3.11. The molecule has 0 bridgehead atoms. The van der Waals surface area contributed by atoms with Gasteiger partial charge in [0.25, 0.3) is 0 Å². The van der Waals surface area contributed by atoms with Gasteiger partial charge in [-0.15, -0.1) is 0 Å². The lowest BCUT2D eigenvalue weighted by Crippen LogP contribution is -2.17. The molecule has 1 aromatic carbocycles. The molecule has 2 atom stereocenters. The molecule has 12 heavy (non-hydrogen) atoms. The second-order valence-corrected chi connectivity index (χ2v) is 3.74. The van der Waals surface area contributed by atoms with Crippen LogP contribution in [0, 0.1) is 5.92 Å². The van der Waals surface area contributed by atoms with Gasteiger partial charge in [-0.2, -0.15) is 12.6 Å². The normalized spacial score (nSPS) is 27.2. The van der Waals surface area contributed by atoms with Crippen molar-refractivity contribution in [1.82, 2.24) is 0 Å². The van der Waals surface area contributed by atoms with Gasteiger partial charge >= 0.3 is 0 Å². The fraction of sp³-hybridized carbons (Fsp3) is 0.400. The average molecular weight is 179 g/mol. The second-order valence-electron chi connectivity index (χ2n) is 3.37. The van der Waals surface area contributed by atoms with Crippen molar-refractivity contribution in [1.29, 1.82) is 0 Å². The summed E-state index contributed by atoms with van der Waals surface area (Å²) in [5.74, 6) is 1.42. The first-order valence-corrected chi connectivity index (χ1v) is 4.90. The molecule has 0 spiro atoms. The summed E-state index contributed by atoms with van der Waals surface area (Å²) in [7, 11) is 0. The van der Waals surface area contributed by atoms with Gasteiger partial charge in [-0.05, 0) is 29.2 Å². The predicted molar refractivity (Wildman–Crippen MR) is 54.4 cm³/mol. The zero-order valence-corrected chi connectivity index (χ0v) is 7.80. The van der Waals surface area contributed by atoms with Crippen molar-refractivity contribution < 1.29 is 0 Å². The van der Waals surface area contributed by atoms with Gasteiger partial charge in [0, 0.05) is 6.04 Å². The topological polar surface area (TPSA) is 26.0 Å². The molecule has 0 heterocycles. The maximum absolute atomic E-state index is 6.05. The molecule has 0 amide bonds. The van der Waals surface area contributed by atoms with E-state index in [1.54, 1.807) is 0 Å². The molecule has 0 fully saturated rings. The Morgan fingerprint density at radius 3 is 2.83 bits per heavy atom. The molecule has 2 rings (SSSR count). The van der Waals surface area contributed by atoms with Gasteiger partial charge in [-0.3, -0.25) is 0 Å². The molecule has 0 saturated carbocycles. The maximum Gasteiger partial charge on any atom is 0.0337 e. The lowest BCUT2D eigenvalue weighted by atomic mass is 10.0. The average Bonchev–Trinajstić information content (AvgIpc) is 2.44. The van der Waals surface area contributed by atoms with Crippen molar-refractivity contribution in [3.05, 3.63) is 35.4 Å². The molecule has 1 aromatic rings. The van der Waals surface area contributed by atoms with Gasteiger partial charge in [0.2, 0.25) is 0 Å². The molecule has 2 N–H and O–H groups in total. The van der Waals surface area contributed by atoms with Crippen molar-refractivity contribution >= 4 is 12.6 Å². The SMILES string of the molecule is NC1c2ccccc2CC1CS. The molecule has 0 radical (unpaired) electrons. The summed E-state index contributed by atoms with van der Waals surface area (Å²) in [6, 6.07) is 8.63. The minimum absolute atomic E-state index is 0.207. The first-order valence-electron chi connectivity index (χ1n) is 4.27. The summed E-state index contributed by atoms with van der Waals surface area (Å²) < 4.78 is 0. The number of hydrogen-bond acceptors (Lipinski definition) is 2. The van der Waals surface area contributed by atoms with Gasteiger partial charge in [0.05, 0.1) is 0 Å². The Bertz CT molecular complexity index is 285. The Balaban J connectivity index is 2.35. The van der Waals surface area contributed by atoms with Crippen LogP contribution in [0.1, 0.15) is 17.2 Å². The van der Waals surface area contributed by atoms with Crippen LogP contribution in [0.25, 0.3) is 0 Å². The molecule has 1 aliphatic rings. The Morgan fingerprint density at radius 2 is 2.17 bits per heavy atom. The van der Waals surface area contributed by atoms with E-state index in [0.29, 0.717) is 5.92 Å². The third kappa shape index (κ3) is 1.15. The molecule has 0 aliphatic heterocycles. The fourth-order valence-electron chi connectivity index (χ4n) is 1.89. The summed E-state index contributed by atoms with van der Waals surface area (Å²) in [5, 5.41) is 0. The Labute approximate surface area is 78.4 Å². The summed E-state index contributed by atoms with van der Waals surface area (Å²) in [6.07, 6.45) is 1.10. The third-order valence-corrected chi connectivity index (χ3v) is 3.11. The molecule has 1 nitrogen and oxygen atoms in total. The van der Waals surface area contributed by atoms with Crippen molar-refractivity contribution in [2.24, 2.45) is 11.7 Å². The van der Waals surface area contributed by atoms with Crippen molar-refractivity contribution in [3.8, 4) is 0 Å². The minimum Gasteiger partial charge on any atom is -0.324 e. The van der Waals surface area contributed by atoms with Gasteiger partial charge in [-0.25, -0.2) is 0 Å². The smallest absolute Gasteiger partial charge is 0.0337 e. The highest BCUT2D eigenvalue weighted by Crippen LogP contribution is 2.34. The standard InChI is InChI=1S/C10H13NS/c11-10-8(6-12)5-7-3-1-2-4-9(7)10/h1-4,8,10,12H,5-6,11H2. The number of fused-ring (bicyclic) bond motifs is 1. The van der Waals surface area contributed by atoms with E-state index in [4.69, 9.17) is 5.73 Å². The van der Waals surface area contributed by atoms with Crippen LogP contribution in [0.4, 0.5) is 0 Å². The summed E-state index contributed by atoms with van der Waals surface area (Å²) in [5.41, 5.74) is 8.78. The van der Waals surface area contributed by atoms with E-state index in [-0.39, 0.29) is 6.04 Å². The van der Waals surface area contributed by atoms with Crippen LogP contribution < -0.4 is 5.73 Å². The maximum atomic E-state index is 6.05. The molecule has 2 heteroatoms. The van der Waals surface area contributed by atoms with Gasteiger partial charge < -0.3 is 5.73 Å².